The van der Waals surface area contributed by atoms with Crippen LogP contribution in [0.1, 0.15) is 37.9 Å². The molecule has 6 nitrogen and oxygen atoms in total. The molecular weight excluding hydrogens is 454 g/mol. The molecule has 3 aromatic carbocycles. The summed E-state index contributed by atoms with van der Waals surface area (Å²) in [6.07, 6.45) is -0.934. The Hall–Kier alpha value is -3.61. The Bertz CT molecular complexity index is 1380. The summed E-state index contributed by atoms with van der Waals surface area (Å²) in [5.41, 5.74) is 0.0517. The Morgan fingerprint density at radius 2 is 1.44 bits per heavy atom. The Balaban J connectivity index is 1.55. The third kappa shape index (κ3) is 2.55. The highest BCUT2D eigenvalue weighted by Gasteiger charge is 2.74. The number of fused-ring (bicyclic) bond motifs is 3. The van der Waals surface area contributed by atoms with E-state index in [2.05, 4.69) is 0 Å². The summed E-state index contributed by atoms with van der Waals surface area (Å²) in [4.78, 5) is 56.1. The van der Waals surface area contributed by atoms with Crippen LogP contribution in [0.2, 0.25) is 5.02 Å². The molecule has 1 aliphatic carbocycles. The van der Waals surface area contributed by atoms with Crippen molar-refractivity contribution in [1.82, 2.24) is 0 Å². The monoisotopic (exact) mass is 471 g/mol. The van der Waals surface area contributed by atoms with Crippen molar-refractivity contribution < 1.29 is 23.9 Å². The fourth-order valence-corrected chi connectivity index (χ4v) is 5.61. The van der Waals surface area contributed by atoms with Gasteiger partial charge in [-0.05, 0) is 30.2 Å². The van der Waals surface area contributed by atoms with Gasteiger partial charge < -0.3 is 4.74 Å². The van der Waals surface area contributed by atoms with E-state index in [4.69, 9.17) is 16.3 Å². The number of carbonyl (C=O) groups excluding carboxylic acids is 4. The number of hydrogen-bond acceptors (Lipinski definition) is 5. The number of hydrogen-bond donors (Lipinski definition) is 0. The zero-order valence-electron chi connectivity index (χ0n) is 18.0. The summed E-state index contributed by atoms with van der Waals surface area (Å²) in [7, 11) is 0. The number of carbonyl (C=O) groups is 4. The first-order valence-electron chi connectivity index (χ1n) is 10.9. The van der Waals surface area contributed by atoms with Crippen LogP contribution in [0.4, 0.5) is 5.69 Å². The van der Waals surface area contributed by atoms with Crippen molar-refractivity contribution in [3.8, 4) is 0 Å². The van der Waals surface area contributed by atoms with Gasteiger partial charge in [-0.25, -0.2) is 4.90 Å². The molecule has 2 heterocycles. The minimum absolute atomic E-state index is 0.206. The van der Waals surface area contributed by atoms with Gasteiger partial charge in [0.2, 0.25) is 29.0 Å². The maximum Gasteiger partial charge on any atom is 0.241 e. The van der Waals surface area contributed by atoms with Gasteiger partial charge in [0.15, 0.2) is 0 Å². The van der Waals surface area contributed by atoms with Crippen molar-refractivity contribution in [3.63, 3.8) is 0 Å². The molecule has 7 heteroatoms. The maximum atomic E-state index is 13.9. The highest BCUT2D eigenvalue weighted by Crippen LogP contribution is 2.57. The lowest BCUT2D eigenvalue weighted by molar-refractivity contribution is -0.127. The minimum atomic E-state index is -2.08. The van der Waals surface area contributed by atoms with E-state index in [0.29, 0.717) is 16.3 Å². The summed E-state index contributed by atoms with van der Waals surface area (Å²) in [5.74, 6) is -4.62. The molecule has 0 aromatic heterocycles. The number of halogens is 1. The number of nitrogens with zero attached hydrogens (tertiary/aromatic N) is 1. The number of imide groups is 1. The maximum absolute atomic E-state index is 13.9. The van der Waals surface area contributed by atoms with E-state index in [9.17, 15) is 19.2 Å². The standard InChI is InChI=1S/C27H18ClNO5/c1-14-11-12-16(13-19(14)28)29-25(32)20-21(26(29)33)27(34-22(20)15-7-3-2-4-8-15)23(30)17-9-5-6-10-18(17)24(27)31/h2-13,20-22H,1H3/t20-,21-,22?/m0/s1. The summed E-state index contributed by atoms with van der Waals surface area (Å²) in [5, 5.41) is 0.404. The summed E-state index contributed by atoms with van der Waals surface area (Å²) >= 11 is 6.28. The van der Waals surface area contributed by atoms with Crippen LogP contribution in [-0.2, 0) is 14.3 Å². The van der Waals surface area contributed by atoms with Gasteiger partial charge in [-0.2, -0.15) is 0 Å². The molecule has 34 heavy (non-hydrogen) atoms. The third-order valence-corrected chi connectivity index (χ3v) is 7.47. The number of ketones is 2. The van der Waals surface area contributed by atoms with E-state index < -0.39 is 46.9 Å². The van der Waals surface area contributed by atoms with Crippen molar-refractivity contribution >= 4 is 40.7 Å². The van der Waals surface area contributed by atoms with Crippen molar-refractivity contribution in [1.29, 1.82) is 0 Å². The normalized spacial score (nSPS) is 24.8. The molecule has 0 bridgehead atoms. The van der Waals surface area contributed by atoms with Gasteiger partial charge in [-0.15, -0.1) is 0 Å². The van der Waals surface area contributed by atoms with E-state index in [1.807, 2.05) is 13.0 Å². The lowest BCUT2D eigenvalue weighted by Gasteiger charge is -2.27. The average Bonchev–Trinajstić information content (AvgIpc) is 3.42. The van der Waals surface area contributed by atoms with E-state index in [1.165, 1.54) is 0 Å². The fraction of sp³-hybridized carbons (Fsp3) is 0.185. The summed E-state index contributed by atoms with van der Waals surface area (Å²) in [6, 6.07) is 20.2. The first kappa shape index (κ1) is 21.0. The third-order valence-electron chi connectivity index (χ3n) is 7.06. The van der Waals surface area contributed by atoms with Gasteiger partial charge in [-0.3, -0.25) is 19.2 Å². The van der Waals surface area contributed by atoms with Gasteiger partial charge in [0, 0.05) is 16.1 Å². The number of aryl methyl sites for hydroxylation is 1. The van der Waals surface area contributed by atoms with Gasteiger partial charge in [0.05, 0.1) is 23.6 Å². The largest absolute Gasteiger partial charge is 0.349 e. The number of ether oxygens (including phenoxy) is 1. The Kier molecular flexibility index (Phi) is 4.43. The topological polar surface area (TPSA) is 80.8 Å². The van der Waals surface area contributed by atoms with E-state index >= 15 is 0 Å². The van der Waals surface area contributed by atoms with Crippen LogP contribution in [0, 0.1) is 18.8 Å². The average molecular weight is 472 g/mol. The van der Waals surface area contributed by atoms with Gasteiger partial charge in [-0.1, -0.05) is 72.3 Å². The molecular formula is C27H18ClNO5. The van der Waals surface area contributed by atoms with Crippen LogP contribution in [0.25, 0.3) is 0 Å². The summed E-state index contributed by atoms with van der Waals surface area (Å²) < 4.78 is 6.24. The van der Waals surface area contributed by atoms with Gasteiger partial charge in [0.1, 0.15) is 0 Å². The molecule has 2 saturated heterocycles. The van der Waals surface area contributed by atoms with Crippen molar-refractivity contribution in [2.45, 2.75) is 18.6 Å². The van der Waals surface area contributed by atoms with Crippen molar-refractivity contribution in [2.24, 2.45) is 11.8 Å². The minimum Gasteiger partial charge on any atom is -0.349 e. The first-order valence-corrected chi connectivity index (χ1v) is 11.3. The molecule has 2 aliphatic heterocycles. The van der Waals surface area contributed by atoms with E-state index in [-0.39, 0.29) is 11.1 Å². The molecule has 0 radical (unpaired) electrons. The molecule has 2 amide bonds. The lowest BCUT2D eigenvalue weighted by atomic mass is 9.77. The molecule has 168 valence electrons. The van der Waals surface area contributed by atoms with Crippen LogP contribution < -0.4 is 4.90 Å². The van der Waals surface area contributed by atoms with Crippen LogP contribution in [-0.4, -0.2) is 29.0 Å². The first-order chi connectivity index (χ1) is 16.4. The molecule has 6 rings (SSSR count). The quantitative estimate of drug-likeness (QED) is 0.410. The van der Waals surface area contributed by atoms with Crippen LogP contribution >= 0.6 is 11.6 Å². The molecule has 0 saturated carbocycles. The number of amides is 2. The second-order valence-electron chi connectivity index (χ2n) is 8.84. The van der Waals surface area contributed by atoms with Crippen molar-refractivity contribution in [3.05, 3.63) is 100 Å². The predicted molar refractivity (Wildman–Crippen MR) is 124 cm³/mol. The highest BCUT2D eigenvalue weighted by molar-refractivity contribution is 6.37. The molecule has 3 atom stereocenters. The highest BCUT2D eigenvalue weighted by atomic mass is 35.5. The van der Waals surface area contributed by atoms with Crippen LogP contribution in [0.3, 0.4) is 0 Å². The fourth-order valence-electron chi connectivity index (χ4n) is 5.44. The molecule has 3 aliphatic rings. The zero-order valence-corrected chi connectivity index (χ0v) is 18.8. The molecule has 1 unspecified atom stereocenters. The predicted octanol–water partition coefficient (Wildman–Crippen LogP) is 4.34. The van der Waals surface area contributed by atoms with Gasteiger partial charge in [0.25, 0.3) is 0 Å². The summed E-state index contributed by atoms with van der Waals surface area (Å²) in [6.45, 7) is 1.82. The van der Waals surface area contributed by atoms with Crippen LogP contribution in [0.15, 0.2) is 72.8 Å². The molecule has 0 N–H and O–H groups in total. The number of Topliss-reactive ketones (excluding diaryl/α,β-unsaturated/α-hetero) is 2. The zero-order chi connectivity index (χ0) is 23.8. The van der Waals surface area contributed by atoms with Crippen molar-refractivity contribution in [2.75, 3.05) is 4.90 Å². The Labute approximate surface area is 200 Å². The number of rotatable bonds is 2. The second-order valence-corrected chi connectivity index (χ2v) is 9.24. The number of anilines is 1. The number of benzene rings is 3. The second kappa shape index (κ2) is 7.19. The molecule has 1 spiro atoms. The Morgan fingerprint density at radius 3 is 2.06 bits per heavy atom. The molecule has 2 fully saturated rings. The Morgan fingerprint density at radius 1 is 0.824 bits per heavy atom. The smallest absolute Gasteiger partial charge is 0.241 e. The molecule has 3 aromatic rings. The van der Waals surface area contributed by atoms with Gasteiger partial charge >= 0.3 is 0 Å². The SMILES string of the molecule is Cc1ccc(N2C(=O)[C@@H]3C(c4ccccc4)OC4(C(=O)c5ccccc5C4=O)[C@@H]3C2=O)cc1Cl. The van der Waals surface area contributed by atoms with E-state index in [0.717, 1.165) is 10.5 Å². The van der Waals surface area contributed by atoms with E-state index in [1.54, 1.807) is 66.7 Å². The lowest BCUT2D eigenvalue weighted by Crippen LogP contribution is -2.51. The van der Waals surface area contributed by atoms with Crippen LogP contribution in [0.5, 0.6) is 0 Å².